The molecule has 1 N–H and O–H groups in total. The number of aldehydes is 1. The normalized spacial score (nSPS) is 38.7. The number of rotatable bonds is 1. The van der Waals surface area contributed by atoms with E-state index in [-0.39, 0.29) is 35.2 Å². The third kappa shape index (κ3) is 2.01. The van der Waals surface area contributed by atoms with Crippen LogP contribution in [0.1, 0.15) is 46.5 Å². The van der Waals surface area contributed by atoms with E-state index >= 15 is 0 Å². The molecule has 0 amide bonds. The van der Waals surface area contributed by atoms with Crippen molar-refractivity contribution in [2.45, 2.75) is 52.6 Å². The Hall–Kier alpha value is -2.11. The van der Waals surface area contributed by atoms with E-state index in [1.807, 2.05) is 0 Å². The van der Waals surface area contributed by atoms with E-state index in [9.17, 15) is 19.5 Å². The summed E-state index contributed by atoms with van der Waals surface area (Å²) in [5, 5.41) is 10.8. The zero-order valence-corrected chi connectivity index (χ0v) is 15.3. The summed E-state index contributed by atoms with van der Waals surface area (Å²) < 4.78 is 11.3. The minimum atomic E-state index is -0.672. The Labute approximate surface area is 152 Å². The van der Waals surface area contributed by atoms with E-state index in [0.29, 0.717) is 30.4 Å². The smallest absolute Gasteiger partial charge is 0.338 e. The van der Waals surface area contributed by atoms with Gasteiger partial charge in [0.15, 0.2) is 0 Å². The van der Waals surface area contributed by atoms with Crippen LogP contribution in [0.25, 0.3) is 0 Å². The van der Waals surface area contributed by atoms with Crippen LogP contribution in [0.15, 0.2) is 22.5 Å². The number of allylic oxidation sites excluding steroid dienone is 2. The number of carbonyl (C=O) groups excluding carboxylic acids is 3. The van der Waals surface area contributed by atoms with E-state index in [4.69, 9.17) is 9.47 Å². The van der Waals surface area contributed by atoms with Crippen LogP contribution in [0.3, 0.4) is 0 Å². The molecule has 0 aromatic heterocycles. The second-order valence-electron chi connectivity index (χ2n) is 8.70. The summed E-state index contributed by atoms with van der Waals surface area (Å²) in [7, 11) is 0. The molecule has 6 nitrogen and oxygen atoms in total. The van der Waals surface area contributed by atoms with Gasteiger partial charge in [-0.15, -0.1) is 0 Å². The molecule has 2 aliphatic carbocycles. The average molecular weight is 360 g/mol. The number of carbonyl (C=O) groups is 3. The van der Waals surface area contributed by atoms with Crippen molar-refractivity contribution in [2.24, 2.45) is 22.7 Å². The van der Waals surface area contributed by atoms with Crippen molar-refractivity contribution in [1.29, 1.82) is 0 Å². The molecule has 6 heteroatoms. The molecule has 1 saturated carbocycles. The predicted octanol–water partition coefficient (Wildman–Crippen LogP) is 2.63. The molecule has 2 saturated heterocycles. The minimum Gasteiger partial charge on any atom is -0.507 e. The lowest BCUT2D eigenvalue weighted by molar-refractivity contribution is -0.187. The van der Waals surface area contributed by atoms with E-state index in [1.54, 1.807) is 6.92 Å². The van der Waals surface area contributed by atoms with Gasteiger partial charge in [0, 0.05) is 5.92 Å². The van der Waals surface area contributed by atoms with Gasteiger partial charge in [0.25, 0.3) is 0 Å². The molecular formula is C20H24O6. The fourth-order valence-corrected chi connectivity index (χ4v) is 5.79. The fourth-order valence-electron chi connectivity index (χ4n) is 5.79. The molecule has 0 bridgehead atoms. The van der Waals surface area contributed by atoms with Crippen molar-refractivity contribution >= 4 is 18.2 Å². The van der Waals surface area contributed by atoms with E-state index < -0.39 is 23.4 Å². The van der Waals surface area contributed by atoms with Crippen LogP contribution in [-0.2, 0) is 23.9 Å². The summed E-state index contributed by atoms with van der Waals surface area (Å²) in [5.74, 6) is -1.72. The van der Waals surface area contributed by atoms with Gasteiger partial charge in [-0.1, -0.05) is 13.8 Å². The van der Waals surface area contributed by atoms with Gasteiger partial charge >= 0.3 is 11.9 Å². The van der Waals surface area contributed by atoms with Crippen LogP contribution >= 0.6 is 0 Å². The molecule has 0 aromatic carbocycles. The Balaban J connectivity index is 1.91. The number of ether oxygens (including phenoxy) is 2. The highest BCUT2D eigenvalue weighted by Crippen LogP contribution is 2.63. The SMILES string of the molecule is CC1=C(C=O)CCC2C(=C1O)C(=O)O[C@H]1CCC(C)(C)[C@H]3C(=O)OC[C@@]213. The van der Waals surface area contributed by atoms with Gasteiger partial charge in [-0.3, -0.25) is 9.59 Å². The summed E-state index contributed by atoms with van der Waals surface area (Å²) in [6.07, 6.45) is 2.74. The Bertz CT molecular complexity index is 773. The van der Waals surface area contributed by atoms with Crippen molar-refractivity contribution in [1.82, 2.24) is 0 Å². The van der Waals surface area contributed by atoms with E-state index in [0.717, 1.165) is 12.7 Å². The summed E-state index contributed by atoms with van der Waals surface area (Å²) in [5.41, 5.74) is 0.158. The number of fused-ring (bicyclic) bond motifs is 1. The first-order chi connectivity index (χ1) is 12.2. The molecule has 26 heavy (non-hydrogen) atoms. The maximum absolute atomic E-state index is 12.7. The minimum absolute atomic E-state index is 0.172. The van der Waals surface area contributed by atoms with Crippen molar-refractivity contribution in [2.75, 3.05) is 6.61 Å². The van der Waals surface area contributed by atoms with Gasteiger partial charge in [0.2, 0.25) is 0 Å². The molecule has 4 atom stereocenters. The highest BCUT2D eigenvalue weighted by atomic mass is 16.6. The van der Waals surface area contributed by atoms with Crippen LogP contribution in [-0.4, -0.2) is 36.0 Å². The number of cyclic esters (lactones) is 1. The molecule has 3 fully saturated rings. The first-order valence-electron chi connectivity index (χ1n) is 9.20. The zero-order chi connectivity index (χ0) is 18.9. The lowest BCUT2D eigenvalue weighted by Crippen LogP contribution is -2.61. The molecule has 2 aliphatic heterocycles. The number of aliphatic hydroxyl groups is 1. The molecule has 1 unspecified atom stereocenters. The molecule has 1 spiro atoms. The maximum atomic E-state index is 12.7. The largest absolute Gasteiger partial charge is 0.507 e. The van der Waals surface area contributed by atoms with E-state index in [1.165, 1.54) is 0 Å². The Morgan fingerprint density at radius 2 is 1.96 bits per heavy atom. The Kier molecular flexibility index (Phi) is 3.62. The van der Waals surface area contributed by atoms with Gasteiger partial charge < -0.3 is 14.6 Å². The van der Waals surface area contributed by atoms with Crippen LogP contribution in [0.5, 0.6) is 0 Å². The Morgan fingerprint density at radius 3 is 2.65 bits per heavy atom. The van der Waals surface area contributed by atoms with Gasteiger partial charge in [-0.05, 0) is 49.2 Å². The van der Waals surface area contributed by atoms with Crippen molar-refractivity contribution < 1.29 is 29.0 Å². The monoisotopic (exact) mass is 360 g/mol. The summed E-state index contributed by atoms with van der Waals surface area (Å²) in [6, 6.07) is 0. The molecule has 4 rings (SSSR count). The number of hydrogen-bond acceptors (Lipinski definition) is 6. The second kappa shape index (κ2) is 5.44. The molecule has 4 aliphatic rings. The lowest BCUT2D eigenvalue weighted by atomic mass is 9.49. The van der Waals surface area contributed by atoms with Crippen LogP contribution < -0.4 is 0 Å². The maximum Gasteiger partial charge on any atom is 0.338 e. The summed E-state index contributed by atoms with van der Waals surface area (Å²) in [6.45, 7) is 5.94. The third-order valence-corrected chi connectivity index (χ3v) is 7.07. The molecule has 140 valence electrons. The highest BCUT2D eigenvalue weighted by molar-refractivity contribution is 5.93. The number of aliphatic hydroxyl groups excluding tert-OH is 1. The fraction of sp³-hybridized carbons (Fsp3) is 0.650. The third-order valence-electron chi connectivity index (χ3n) is 7.07. The molecule has 0 aromatic rings. The Morgan fingerprint density at radius 1 is 1.23 bits per heavy atom. The van der Waals surface area contributed by atoms with Crippen molar-refractivity contribution in [3.63, 3.8) is 0 Å². The van der Waals surface area contributed by atoms with Crippen LogP contribution in [0.4, 0.5) is 0 Å². The van der Waals surface area contributed by atoms with Gasteiger partial charge in [-0.25, -0.2) is 4.79 Å². The second-order valence-corrected chi connectivity index (χ2v) is 8.70. The van der Waals surface area contributed by atoms with Gasteiger partial charge in [-0.2, -0.15) is 0 Å². The van der Waals surface area contributed by atoms with Gasteiger partial charge in [0.1, 0.15) is 24.8 Å². The zero-order valence-electron chi connectivity index (χ0n) is 15.3. The lowest BCUT2D eigenvalue weighted by Gasteiger charge is -2.55. The molecule has 2 heterocycles. The first-order valence-corrected chi connectivity index (χ1v) is 9.20. The van der Waals surface area contributed by atoms with E-state index in [2.05, 4.69) is 13.8 Å². The standard InChI is InChI=1S/C20H24O6/c1-10-11(8-21)4-5-12-14(15(10)22)17(23)26-13-6-7-19(2,3)16-18(24)25-9-20(12,13)16/h8,12-13,16,22H,4-7,9H2,1-3H3/t12?,13-,16+,20+/m0/s1. The number of esters is 2. The predicted molar refractivity (Wildman–Crippen MR) is 90.9 cm³/mol. The molecular weight excluding hydrogens is 336 g/mol. The summed E-state index contributed by atoms with van der Waals surface area (Å²) >= 11 is 0. The van der Waals surface area contributed by atoms with Crippen molar-refractivity contribution in [3.8, 4) is 0 Å². The summed E-state index contributed by atoms with van der Waals surface area (Å²) in [4.78, 5) is 36.8. The number of hydrogen-bond donors (Lipinski definition) is 1. The highest BCUT2D eigenvalue weighted by Gasteiger charge is 2.70. The van der Waals surface area contributed by atoms with Crippen LogP contribution in [0, 0.1) is 22.7 Å². The topological polar surface area (TPSA) is 89.9 Å². The average Bonchev–Trinajstić information content (AvgIpc) is 2.88. The first kappa shape index (κ1) is 17.3. The quantitative estimate of drug-likeness (QED) is 0.571. The molecule has 0 radical (unpaired) electrons. The van der Waals surface area contributed by atoms with Crippen LogP contribution in [0.2, 0.25) is 0 Å². The van der Waals surface area contributed by atoms with Crippen molar-refractivity contribution in [3.05, 3.63) is 22.5 Å². The van der Waals surface area contributed by atoms with Gasteiger partial charge in [0.05, 0.1) is 16.9 Å².